The minimum absolute atomic E-state index is 0.0456. The lowest BCUT2D eigenvalue weighted by atomic mass is 10.1. The Morgan fingerprint density at radius 1 is 1.31 bits per heavy atom. The van der Waals surface area contributed by atoms with E-state index in [1.807, 2.05) is 6.07 Å². The lowest BCUT2D eigenvalue weighted by molar-refractivity contribution is -0.216. The molecule has 1 amide bonds. The van der Waals surface area contributed by atoms with Crippen molar-refractivity contribution < 1.29 is 32.2 Å². The maximum atomic E-state index is 12.7. The van der Waals surface area contributed by atoms with Crippen LogP contribution in [0.15, 0.2) is 18.2 Å². The zero-order chi connectivity index (χ0) is 21.2. The second kappa shape index (κ2) is 8.26. The molecule has 2 heterocycles. The summed E-state index contributed by atoms with van der Waals surface area (Å²) < 4.78 is 47.0. The Balaban J connectivity index is 1.80. The van der Waals surface area contributed by atoms with Gasteiger partial charge in [0.25, 0.3) is 0 Å². The van der Waals surface area contributed by atoms with Gasteiger partial charge in [-0.2, -0.15) is 18.4 Å². The Bertz CT molecular complexity index is 831. The highest BCUT2D eigenvalue weighted by Crippen LogP contribution is 2.35. The summed E-state index contributed by atoms with van der Waals surface area (Å²) in [4.78, 5) is 27.1. The fourth-order valence-electron chi connectivity index (χ4n) is 3.20. The minimum atomic E-state index is -5.26. The van der Waals surface area contributed by atoms with Gasteiger partial charge in [-0.15, -0.1) is 0 Å². The van der Waals surface area contributed by atoms with Crippen LogP contribution >= 0.6 is 0 Å². The monoisotopic (exact) mass is 412 g/mol. The number of anilines is 1. The topological polar surface area (TPSA) is 109 Å². The normalized spacial score (nSPS) is 20.6. The lowest BCUT2D eigenvalue weighted by Crippen LogP contribution is -2.52. The number of fused-ring (bicyclic) bond motifs is 1. The number of amides is 1. The van der Waals surface area contributed by atoms with Gasteiger partial charge in [0.05, 0.1) is 17.3 Å². The summed E-state index contributed by atoms with van der Waals surface area (Å²) in [6, 6.07) is 6.20. The Labute approximate surface area is 164 Å². The van der Waals surface area contributed by atoms with Crippen LogP contribution in [0.1, 0.15) is 18.4 Å². The number of ether oxygens (including phenoxy) is 2. The van der Waals surface area contributed by atoms with E-state index in [-0.39, 0.29) is 29.6 Å². The van der Waals surface area contributed by atoms with E-state index in [4.69, 9.17) is 15.7 Å². The fraction of sp³-hybridized carbons (Fsp3) is 0.500. The third kappa shape index (κ3) is 4.78. The van der Waals surface area contributed by atoms with Crippen molar-refractivity contribution in [1.29, 1.82) is 5.26 Å². The second-order valence-electron chi connectivity index (χ2n) is 6.82. The van der Waals surface area contributed by atoms with Gasteiger partial charge in [-0.05, 0) is 44.1 Å². The Hall–Kier alpha value is -2.84. The van der Waals surface area contributed by atoms with E-state index in [1.165, 1.54) is 23.1 Å². The van der Waals surface area contributed by atoms with Crippen LogP contribution in [-0.2, 0) is 14.3 Å². The first-order valence-corrected chi connectivity index (χ1v) is 8.97. The molecule has 11 heteroatoms. The number of benzene rings is 1. The number of nitrogens with zero attached hydrogens (tertiary/aromatic N) is 3. The van der Waals surface area contributed by atoms with Crippen molar-refractivity contribution in [3.05, 3.63) is 23.8 Å². The van der Waals surface area contributed by atoms with Crippen LogP contribution in [0.4, 0.5) is 18.9 Å². The molecule has 0 saturated carbocycles. The van der Waals surface area contributed by atoms with Gasteiger partial charge in [0.15, 0.2) is 0 Å². The van der Waals surface area contributed by atoms with E-state index in [0.717, 1.165) is 25.9 Å². The molecule has 29 heavy (non-hydrogen) atoms. The summed E-state index contributed by atoms with van der Waals surface area (Å²) in [6.07, 6.45) is -5.71. The number of alkyl halides is 3. The number of hydrogen-bond donors (Lipinski definition) is 1. The van der Waals surface area contributed by atoms with Crippen molar-refractivity contribution in [2.24, 2.45) is 5.73 Å². The zero-order valence-corrected chi connectivity index (χ0v) is 15.3. The first-order valence-electron chi connectivity index (χ1n) is 8.97. The number of carbonyl (C=O) groups excluding carboxylic acids is 2. The van der Waals surface area contributed by atoms with Gasteiger partial charge in [0.1, 0.15) is 5.75 Å². The molecule has 3 rings (SSSR count). The third-order valence-corrected chi connectivity index (χ3v) is 4.80. The van der Waals surface area contributed by atoms with Crippen LogP contribution in [-0.4, -0.2) is 61.5 Å². The predicted octanol–water partition coefficient (Wildman–Crippen LogP) is 1.14. The minimum Gasteiger partial charge on any atom is -0.444 e. The number of hydrogen-bond acceptors (Lipinski definition) is 7. The van der Waals surface area contributed by atoms with E-state index in [2.05, 4.69) is 9.64 Å². The van der Waals surface area contributed by atoms with Crippen molar-refractivity contribution >= 4 is 17.6 Å². The quantitative estimate of drug-likeness (QED) is 0.739. The number of esters is 1. The Kier molecular flexibility index (Phi) is 5.95. The SMILES string of the molecule is N#Cc1ccc2c(c1)N(CCN1CCC(N)CC1)C(=O)C(OC(=O)C(F)(F)F)O2. The summed E-state index contributed by atoms with van der Waals surface area (Å²) in [5.41, 5.74) is 6.36. The van der Waals surface area contributed by atoms with Gasteiger partial charge in [-0.1, -0.05) is 0 Å². The Morgan fingerprint density at radius 2 is 2.00 bits per heavy atom. The zero-order valence-electron chi connectivity index (χ0n) is 15.3. The average Bonchev–Trinajstić information content (AvgIpc) is 2.68. The van der Waals surface area contributed by atoms with Crippen molar-refractivity contribution in [2.45, 2.75) is 31.3 Å². The molecular formula is C18H19F3N4O4. The molecule has 2 aliphatic heterocycles. The average molecular weight is 412 g/mol. The lowest BCUT2D eigenvalue weighted by Gasteiger charge is -2.36. The molecule has 8 nitrogen and oxygen atoms in total. The number of likely N-dealkylation sites (tertiary alicyclic amines) is 1. The molecule has 0 aliphatic carbocycles. The number of halogens is 3. The van der Waals surface area contributed by atoms with Crippen LogP contribution in [0.3, 0.4) is 0 Å². The van der Waals surface area contributed by atoms with Crippen molar-refractivity contribution in [2.75, 3.05) is 31.1 Å². The molecule has 2 aliphatic rings. The summed E-state index contributed by atoms with van der Waals surface area (Å²) in [5, 5.41) is 9.10. The summed E-state index contributed by atoms with van der Waals surface area (Å²) in [7, 11) is 0. The Morgan fingerprint density at radius 3 is 2.62 bits per heavy atom. The maximum absolute atomic E-state index is 12.7. The molecule has 2 N–H and O–H groups in total. The fourth-order valence-corrected chi connectivity index (χ4v) is 3.20. The number of nitrogens with two attached hydrogens (primary N) is 1. The van der Waals surface area contributed by atoms with E-state index >= 15 is 0 Å². The highest BCUT2D eigenvalue weighted by Gasteiger charge is 2.46. The highest BCUT2D eigenvalue weighted by molar-refractivity contribution is 6.00. The summed E-state index contributed by atoms with van der Waals surface area (Å²) in [6.45, 7) is 2.03. The molecule has 156 valence electrons. The van der Waals surface area contributed by atoms with Crippen LogP contribution in [0, 0.1) is 11.3 Å². The maximum Gasteiger partial charge on any atom is 0.491 e. The van der Waals surface area contributed by atoms with Gasteiger partial charge in [0, 0.05) is 19.1 Å². The molecular weight excluding hydrogens is 393 g/mol. The molecule has 0 bridgehead atoms. The van der Waals surface area contributed by atoms with Crippen molar-refractivity contribution in [1.82, 2.24) is 4.90 Å². The number of rotatable bonds is 4. The van der Waals surface area contributed by atoms with E-state index in [0.29, 0.717) is 6.54 Å². The number of piperidine rings is 1. The van der Waals surface area contributed by atoms with Crippen LogP contribution in [0.25, 0.3) is 0 Å². The molecule has 0 radical (unpaired) electrons. The predicted molar refractivity (Wildman–Crippen MR) is 93.7 cm³/mol. The van der Waals surface area contributed by atoms with E-state index in [9.17, 15) is 22.8 Å². The molecule has 1 atom stereocenters. The van der Waals surface area contributed by atoms with E-state index < -0.39 is 24.3 Å². The molecule has 1 fully saturated rings. The smallest absolute Gasteiger partial charge is 0.444 e. The van der Waals surface area contributed by atoms with Crippen LogP contribution in [0.2, 0.25) is 0 Å². The molecule has 1 unspecified atom stereocenters. The van der Waals surface area contributed by atoms with Gasteiger partial charge >= 0.3 is 24.3 Å². The standard InChI is InChI=1S/C18H19F3N4O4/c19-18(20,21)17(27)29-16-15(26)25(8-7-24-5-3-12(23)4-6-24)13-9-11(10-22)1-2-14(13)28-16/h1-2,9,12,16H,3-8,23H2. The van der Waals surface area contributed by atoms with Gasteiger partial charge in [-0.25, -0.2) is 4.79 Å². The van der Waals surface area contributed by atoms with Crippen LogP contribution in [0.5, 0.6) is 5.75 Å². The highest BCUT2D eigenvalue weighted by atomic mass is 19.4. The molecule has 0 spiro atoms. The largest absolute Gasteiger partial charge is 0.491 e. The van der Waals surface area contributed by atoms with Crippen molar-refractivity contribution in [3.8, 4) is 11.8 Å². The molecule has 1 saturated heterocycles. The molecule has 1 aromatic rings. The first-order chi connectivity index (χ1) is 13.7. The molecule has 1 aromatic carbocycles. The van der Waals surface area contributed by atoms with Gasteiger partial charge in [-0.3, -0.25) is 4.79 Å². The van der Waals surface area contributed by atoms with Crippen LogP contribution < -0.4 is 15.4 Å². The molecule has 0 aromatic heterocycles. The van der Waals surface area contributed by atoms with Gasteiger partial charge < -0.3 is 25.0 Å². The first kappa shape index (κ1) is 20.9. The number of nitriles is 1. The summed E-state index contributed by atoms with van der Waals surface area (Å²) >= 11 is 0. The van der Waals surface area contributed by atoms with E-state index in [1.54, 1.807) is 0 Å². The number of carbonyl (C=O) groups is 2. The third-order valence-electron chi connectivity index (χ3n) is 4.80. The van der Waals surface area contributed by atoms with Gasteiger partial charge in [0.2, 0.25) is 0 Å². The van der Waals surface area contributed by atoms with Crippen molar-refractivity contribution in [3.63, 3.8) is 0 Å². The summed E-state index contributed by atoms with van der Waals surface area (Å²) in [5.74, 6) is -3.42. The second-order valence-corrected chi connectivity index (χ2v) is 6.82.